The zero-order valence-electron chi connectivity index (χ0n) is 29.8. The van der Waals surface area contributed by atoms with Crippen LogP contribution in [-0.4, -0.2) is 4.98 Å². The van der Waals surface area contributed by atoms with Gasteiger partial charge in [0.15, 0.2) is 23.0 Å². The molecule has 2 aliphatic rings. The van der Waals surface area contributed by atoms with E-state index in [2.05, 4.69) is 114 Å². The number of benzene rings is 5. The Morgan fingerprint density at radius 2 is 1.02 bits per heavy atom. The molecule has 0 fully saturated rings. The van der Waals surface area contributed by atoms with Crippen molar-refractivity contribution in [1.82, 2.24) is 4.98 Å². The number of hydrogen-bond acceptors (Lipinski definition) is 5. The monoisotopic (exact) mass is 877 g/mol. The SMILES string of the molecule is CC#COc1cc2c(cc1OC#CC)C1(c3ccccc3-c3cc(-c4cc[c-]c(-c5ccccn5)c4)ccc31)c1cc(OC#CC)c(OC#CC)cc1-2.[Ir]. The average molecular weight is 877 g/mol. The van der Waals surface area contributed by atoms with Crippen LogP contribution < -0.4 is 18.9 Å². The van der Waals surface area contributed by atoms with Crippen molar-refractivity contribution in [2.75, 3.05) is 0 Å². The number of nitrogens with zero attached hydrogens (tertiary/aromatic N) is 1. The van der Waals surface area contributed by atoms with Gasteiger partial charge in [-0.3, -0.25) is 0 Å². The van der Waals surface area contributed by atoms with E-state index in [1.807, 2.05) is 48.5 Å². The molecule has 0 N–H and O–H groups in total. The predicted octanol–water partition coefficient (Wildman–Crippen LogP) is 10.00. The van der Waals surface area contributed by atoms with Gasteiger partial charge in [-0.1, -0.05) is 72.2 Å². The largest absolute Gasteiger partial charge is 0.404 e. The molecule has 5 nitrogen and oxygen atoms in total. The molecular formula is C48H30IrNO4-. The van der Waals surface area contributed by atoms with Gasteiger partial charge >= 0.3 is 0 Å². The second-order valence-corrected chi connectivity index (χ2v) is 12.3. The minimum absolute atomic E-state index is 0. The van der Waals surface area contributed by atoms with Crippen LogP contribution in [0, 0.1) is 54.2 Å². The molecule has 1 radical (unpaired) electrons. The van der Waals surface area contributed by atoms with Gasteiger partial charge in [0, 0.05) is 54.0 Å². The Bertz CT molecular complexity index is 2610. The van der Waals surface area contributed by atoms with Crippen molar-refractivity contribution in [3.05, 3.63) is 138 Å². The number of ether oxygens (including phenoxy) is 4. The minimum atomic E-state index is -0.780. The Morgan fingerprint density at radius 3 is 1.59 bits per heavy atom. The molecule has 1 heterocycles. The van der Waals surface area contributed by atoms with Crippen molar-refractivity contribution in [2.45, 2.75) is 33.1 Å². The molecule has 54 heavy (non-hydrogen) atoms. The number of hydrogen-bond donors (Lipinski definition) is 0. The van der Waals surface area contributed by atoms with E-state index >= 15 is 0 Å². The van der Waals surface area contributed by atoms with E-state index in [1.165, 1.54) is 0 Å². The van der Waals surface area contributed by atoms with Gasteiger partial charge in [-0.15, -0.1) is 35.4 Å². The summed E-state index contributed by atoms with van der Waals surface area (Å²) in [6, 6.07) is 38.7. The molecule has 0 bridgehead atoms. The van der Waals surface area contributed by atoms with Crippen LogP contribution in [0.2, 0.25) is 0 Å². The molecule has 0 saturated heterocycles. The second kappa shape index (κ2) is 15.1. The van der Waals surface area contributed by atoms with E-state index in [-0.39, 0.29) is 20.1 Å². The van der Waals surface area contributed by atoms with E-state index in [4.69, 9.17) is 18.9 Å². The maximum absolute atomic E-state index is 6.02. The molecule has 1 spiro atoms. The summed E-state index contributed by atoms with van der Waals surface area (Å²) in [5, 5.41) is 0. The van der Waals surface area contributed by atoms with Crippen LogP contribution in [0.3, 0.4) is 0 Å². The molecule has 0 aliphatic heterocycles. The van der Waals surface area contributed by atoms with Gasteiger partial charge in [-0.05, 0) is 92.2 Å². The van der Waals surface area contributed by atoms with Gasteiger partial charge in [-0.25, -0.2) is 0 Å². The van der Waals surface area contributed by atoms with Gasteiger partial charge in [0.25, 0.3) is 0 Å². The van der Waals surface area contributed by atoms with E-state index in [9.17, 15) is 0 Å². The molecular weight excluding hydrogens is 847 g/mol. The zero-order chi connectivity index (χ0) is 36.4. The van der Waals surface area contributed by atoms with Crippen LogP contribution in [0.4, 0.5) is 0 Å². The Morgan fingerprint density at radius 1 is 0.500 bits per heavy atom. The Hall–Kier alpha value is -6.66. The summed E-state index contributed by atoms with van der Waals surface area (Å²) in [6.07, 6.45) is 12.8. The normalized spacial score (nSPS) is 11.5. The predicted molar refractivity (Wildman–Crippen MR) is 207 cm³/mol. The topological polar surface area (TPSA) is 49.8 Å². The van der Waals surface area contributed by atoms with Crippen molar-refractivity contribution >= 4 is 0 Å². The molecule has 8 rings (SSSR count). The Kier molecular flexibility index (Phi) is 10.0. The van der Waals surface area contributed by atoms with Gasteiger partial charge < -0.3 is 23.9 Å². The van der Waals surface area contributed by atoms with Gasteiger partial charge in [-0.2, -0.15) is 0 Å². The van der Waals surface area contributed by atoms with Gasteiger partial charge in [0.05, 0.1) is 5.41 Å². The number of rotatable bonds is 6. The standard InChI is InChI=1S/C48H30NO4.Ir/c1-5-22-50-44-28-37-38-29-45(51-23-6-2)47(53-25-8-4)31-42(38)48(41(37)30-46(44)52-24-7-3)39-17-10-9-16-35(39)36-27-33(19-20-40(36)48)32-14-13-15-34(26-32)43-18-11-12-21-49-43;/h9-14,16-21,26-31H,1-4H3;/q-1;. The Balaban J connectivity index is 0.00000450. The Labute approximate surface area is 329 Å². The zero-order valence-corrected chi connectivity index (χ0v) is 32.2. The molecule has 2 aliphatic carbocycles. The van der Waals surface area contributed by atoms with Crippen molar-refractivity contribution in [3.63, 3.8) is 0 Å². The van der Waals surface area contributed by atoms with Gasteiger partial charge in [0.2, 0.25) is 0 Å². The van der Waals surface area contributed by atoms with Crippen molar-refractivity contribution in [1.29, 1.82) is 0 Å². The average Bonchev–Trinajstić information content (AvgIpc) is 3.65. The second-order valence-electron chi connectivity index (χ2n) is 12.3. The molecule has 0 atom stereocenters. The molecule has 6 heteroatoms. The third kappa shape index (κ3) is 5.86. The fourth-order valence-corrected chi connectivity index (χ4v) is 7.43. The first-order chi connectivity index (χ1) is 26.1. The minimum Gasteiger partial charge on any atom is -0.404 e. The first-order valence-corrected chi connectivity index (χ1v) is 17.0. The summed E-state index contributed by atoms with van der Waals surface area (Å²) in [6.45, 7) is 6.89. The number of pyridine rings is 1. The number of aromatic nitrogens is 1. The van der Waals surface area contributed by atoms with E-state index in [1.54, 1.807) is 33.9 Å². The fourth-order valence-electron chi connectivity index (χ4n) is 7.43. The summed E-state index contributed by atoms with van der Waals surface area (Å²) >= 11 is 0. The quantitative estimate of drug-likeness (QED) is 0.123. The molecule has 261 valence electrons. The summed E-state index contributed by atoms with van der Waals surface area (Å²) in [4.78, 5) is 4.56. The van der Waals surface area contributed by atoms with Crippen LogP contribution >= 0.6 is 0 Å². The molecule has 5 aromatic carbocycles. The van der Waals surface area contributed by atoms with Crippen LogP contribution in [0.25, 0.3) is 44.6 Å². The van der Waals surface area contributed by atoms with Crippen molar-refractivity contribution in [3.8, 4) is 116 Å². The fraction of sp³-hybridized carbons (Fsp3) is 0.104. The van der Waals surface area contributed by atoms with Crippen LogP contribution in [0.5, 0.6) is 23.0 Å². The van der Waals surface area contributed by atoms with Crippen LogP contribution in [0.15, 0.2) is 109 Å². The van der Waals surface area contributed by atoms with Crippen LogP contribution in [-0.2, 0) is 25.5 Å². The third-order valence-electron chi connectivity index (χ3n) is 9.44. The summed E-state index contributed by atoms with van der Waals surface area (Å²) < 4.78 is 23.9. The van der Waals surface area contributed by atoms with Crippen molar-refractivity contribution in [2.24, 2.45) is 0 Å². The van der Waals surface area contributed by atoms with Gasteiger partial charge in [0.1, 0.15) is 24.4 Å². The van der Waals surface area contributed by atoms with Crippen LogP contribution in [0.1, 0.15) is 49.9 Å². The smallest absolute Gasteiger partial charge is 0.184 e. The van der Waals surface area contributed by atoms with E-state index in [0.29, 0.717) is 23.0 Å². The first-order valence-electron chi connectivity index (χ1n) is 17.0. The molecule has 0 unspecified atom stereocenters. The summed E-state index contributed by atoms with van der Waals surface area (Å²) in [5.74, 6) is 13.1. The molecule has 0 amide bonds. The summed E-state index contributed by atoms with van der Waals surface area (Å²) in [7, 11) is 0. The van der Waals surface area contributed by atoms with E-state index in [0.717, 1.165) is 66.9 Å². The van der Waals surface area contributed by atoms with Crippen molar-refractivity contribution < 1.29 is 39.1 Å². The molecule has 6 aromatic rings. The maximum atomic E-state index is 6.02. The summed E-state index contributed by atoms with van der Waals surface area (Å²) in [5.41, 5.74) is 11.5. The first kappa shape index (κ1) is 35.7. The number of fused-ring (bicyclic) bond motifs is 10. The van der Waals surface area contributed by atoms with E-state index < -0.39 is 5.41 Å². The molecule has 0 saturated carbocycles. The maximum Gasteiger partial charge on any atom is 0.184 e. The third-order valence-corrected chi connectivity index (χ3v) is 9.44. The molecule has 1 aromatic heterocycles.